The van der Waals surface area contributed by atoms with Gasteiger partial charge in [0.05, 0.1) is 13.2 Å². The van der Waals surface area contributed by atoms with E-state index in [0.29, 0.717) is 11.3 Å². The van der Waals surface area contributed by atoms with Crippen LogP contribution in [-0.2, 0) is 4.74 Å². The average molecular weight is 156 g/mol. The van der Waals surface area contributed by atoms with Crippen LogP contribution in [0.25, 0.3) is 0 Å². The zero-order valence-corrected chi connectivity index (χ0v) is 7.05. The van der Waals surface area contributed by atoms with Crippen molar-refractivity contribution in [1.29, 1.82) is 0 Å². The van der Waals surface area contributed by atoms with Gasteiger partial charge in [-0.1, -0.05) is 0 Å². The molecule has 2 aliphatic heterocycles. The standard InChI is InChI=1S/C8H16N2O/c1-10-3-7(2-9)8(4-10)5-11-6-8/h7H,2-6,9H2,1H3. The quantitative estimate of drug-likeness (QED) is 0.557. The minimum absolute atomic E-state index is 0.434. The van der Waals surface area contributed by atoms with E-state index in [2.05, 4.69) is 11.9 Å². The topological polar surface area (TPSA) is 38.5 Å². The summed E-state index contributed by atoms with van der Waals surface area (Å²) >= 11 is 0. The molecule has 0 saturated carbocycles. The number of nitrogens with zero attached hydrogens (tertiary/aromatic N) is 1. The molecule has 1 atom stereocenters. The van der Waals surface area contributed by atoms with E-state index < -0.39 is 0 Å². The van der Waals surface area contributed by atoms with Crippen molar-refractivity contribution in [1.82, 2.24) is 4.90 Å². The van der Waals surface area contributed by atoms with E-state index in [9.17, 15) is 0 Å². The van der Waals surface area contributed by atoms with Gasteiger partial charge >= 0.3 is 0 Å². The van der Waals surface area contributed by atoms with Gasteiger partial charge in [-0.2, -0.15) is 0 Å². The number of rotatable bonds is 1. The maximum absolute atomic E-state index is 5.70. The molecule has 0 amide bonds. The largest absolute Gasteiger partial charge is 0.380 e. The second-order valence-corrected chi connectivity index (χ2v) is 3.98. The molecule has 2 aliphatic rings. The summed E-state index contributed by atoms with van der Waals surface area (Å²) in [6.45, 7) is 5.00. The van der Waals surface area contributed by atoms with E-state index >= 15 is 0 Å². The molecule has 11 heavy (non-hydrogen) atoms. The van der Waals surface area contributed by atoms with Crippen molar-refractivity contribution >= 4 is 0 Å². The Kier molecular flexibility index (Phi) is 1.67. The number of likely N-dealkylation sites (tertiary alicyclic amines) is 1. The van der Waals surface area contributed by atoms with Gasteiger partial charge < -0.3 is 15.4 Å². The summed E-state index contributed by atoms with van der Waals surface area (Å²) in [7, 11) is 2.16. The third kappa shape index (κ3) is 0.991. The number of hydrogen-bond donors (Lipinski definition) is 1. The molecule has 0 aromatic rings. The highest BCUT2D eigenvalue weighted by Gasteiger charge is 2.49. The minimum Gasteiger partial charge on any atom is -0.380 e. The summed E-state index contributed by atoms with van der Waals surface area (Å²) in [6, 6.07) is 0. The van der Waals surface area contributed by atoms with Crippen molar-refractivity contribution in [3.63, 3.8) is 0 Å². The van der Waals surface area contributed by atoms with Crippen molar-refractivity contribution in [2.24, 2.45) is 17.1 Å². The lowest BCUT2D eigenvalue weighted by Crippen LogP contribution is -2.50. The van der Waals surface area contributed by atoms with E-state index in [1.54, 1.807) is 0 Å². The van der Waals surface area contributed by atoms with Gasteiger partial charge in [0.2, 0.25) is 0 Å². The molecule has 3 nitrogen and oxygen atoms in total. The molecule has 64 valence electrons. The highest BCUT2D eigenvalue weighted by atomic mass is 16.5. The van der Waals surface area contributed by atoms with E-state index in [-0.39, 0.29) is 0 Å². The van der Waals surface area contributed by atoms with Crippen LogP contribution in [0.5, 0.6) is 0 Å². The average Bonchev–Trinajstić information content (AvgIpc) is 2.25. The fraction of sp³-hybridized carbons (Fsp3) is 1.00. The third-order valence-electron chi connectivity index (χ3n) is 3.05. The van der Waals surface area contributed by atoms with Gasteiger partial charge in [-0.15, -0.1) is 0 Å². The molecule has 2 rings (SSSR count). The Morgan fingerprint density at radius 2 is 2.36 bits per heavy atom. The molecule has 1 spiro atoms. The predicted octanol–water partition coefficient (Wildman–Crippen LogP) is -0.477. The van der Waals surface area contributed by atoms with Crippen LogP contribution in [-0.4, -0.2) is 44.8 Å². The third-order valence-corrected chi connectivity index (χ3v) is 3.05. The Bertz CT molecular complexity index is 156. The molecule has 0 aromatic heterocycles. The molecule has 2 fully saturated rings. The number of nitrogens with two attached hydrogens (primary N) is 1. The SMILES string of the molecule is CN1CC(CN)C2(COC2)C1. The highest BCUT2D eigenvalue weighted by Crippen LogP contribution is 2.40. The van der Waals surface area contributed by atoms with Crippen molar-refractivity contribution < 1.29 is 4.74 Å². The van der Waals surface area contributed by atoms with E-state index in [1.165, 1.54) is 6.54 Å². The molecular formula is C8H16N2O. The lowest BCUT2D eigenvalue weighted by molar-refractivity contribution is -0.125. The van der Waals surface area contributed by atoms with Crippen molar-refractivity contribution in [2.75, 3.05) is 39.9 Å². The lowest BCUT2D eigenvalue weighted by Gasteiger charge is -2.42. The number of ether oxygens (including phenoxy) is 1. The second-order valence-electron chi connectivity index (χ2n) is 3.98. The first kappa shape index (κ1) is 7.53. The smallest absolute Gasteiger partial charge is 0.0560 e. The Balaban J connectivity index is 2.07. The van der Waals surface area contributed by atoms with Gasteiger partial charge in [0.25, 0.3) is 0 Å². The number of hydrogen-bond acceptors (Lipinski definition) is 3. The zero-order valence-electron chi connectivity index (χ0n) is 7.05. The Morgan fingerprint density at radius 3 is 2.73 bits per heavy atom. The van der Waals surface area contributed by atoms with Gasteiger partial charge in [0, 0.05) is 18.5 Å². The van der Waals surface area contributed by atoms with E-state index in [1.807, 2.05) is 0 Å². The molecule has 1 unspecified atom stereocenters. The minimum atomic E-state index is 0.434. The fourth-order valence-electron chi connectivity index (χ4n) is 2.32. The van der Waals surface area contributed by atoms with Gasteiger partial charge in [-0.05, 0) is 19.5 Å². The van der Waals surface area contributed by atoms with Crippen LogP contribution in [0.3, 0.4) is 0 Å². The van der Waals surface area contributed by atoms with Gasteiger partial charge in [0.15, 0.2) is 0 Å². The first-order valence-electron chi connectivity index (χ1n) is 4.23. The summed E-state index contributed by atoms with van der Waals surface area (Å²) in [5, 5.41) is 0. The van der Waals surface area contributed by atoms with Crippen LogP contribution in [0.4, 0.5) is 0 Å². The lowest BCUT2D eigenvalue weighted by atomic mass is 9.76. The maximum Gasteiger partial charge on any atom is 0.0560 e. The maximum atomic E-state index is 5.70. The summed E-state index contributed by atoms with van der Waals surface area (Å²) < 4.78 is 5.26. The highest BCUT2D eigenvalue weighted by molar-refractivity contribution is 5.00. The van der Waals surface area contributed by atoms with Crippen molar-refractivity contribution in [3.8, 4) is 0 Å². The van der Waals surface area contributed by atoms with Gasteiger partial charge in [-0.25, -0.2) is 0 Å². The van der Waals surface area contributed by atoms with Gasteiger partial charge in [-0.3, -0.25) is 0 Å². The molecule has 0 aliphatic carbocycles. The molecule has 0 aromatic carbocycles. The molecule has 3 heteroatoms. The van der Waals surface area contributed by atoms with E-state index in [4.69, 9.17) is 10.5 Å². The van der Waals surface area contributed by atoms with Crippen LogP contribution in [0, 0.1) is 11.3 Å². The molecule has 0 bridgehead atoms. The Morgan fingerprint density at radius 1 is 1.64 bits per heavy atom. The second kappa shape index (κ2) is 2.44. The summed E-state index contributed by atoms with van der Waals surface area (Å²) in [4.78, 5) is 2.36. The summed E-state index contributed by atoms with van der Waals surface area (Å²) in [6.07, 6.45) is 0. The van der Waals surface area contributed by atoms with Crippen LogP contribution < -0.4 is 5.73 Å². The zero-order chi connectivity index (χ0) is 7.90. The first-order valence-corrected chi connectivity index (χ1v) is 4.23. The van der Waals surface area contributed by atoms with Crippen molar-refractivity contribution in [3.05, 3.63) is 0 Å². The van der Waals surface area contributed by atoms with Crippen molar-refractivity contribution in [2.45, 2.75) is 0 Å². The van der Waals surface area contributed by atoms with Crippen LogP contribution in [0.2, 0.25) is 0 Å². The fourth-order valence-corrected chi connectivity index (χ4v) is 2.32. The summed E-state index contributed by atoms with van der Waals surface area (Å²) in [5.74, 6) is 0.668. The molecule has 2 saturated heterocycles. The molecular weight excluding hydrogens is 140 g/mol. The monoisotopic (exact) mass is 156 g/mol. The molecule has 0 radical (unpaired) electrons. The first-order chi connectivity index (χ1) is 5.27. The molecule has 2 heterocycles. The predicted molar refractivity (Wildman–Crippen MR) is 43.3 cm³/mol. The van der Waals surface area contributed by atoms with Gasteiger partial charge in [0.1, 0.15) is 0 Å². The normalized spacial score (nSPS) is 36.0. The Hall–Kier alpha value is -0.120. The Labute approximate surface area is 67.5 Å². The van der Waals surface area contributed by atoms with Crippen LogP contribution >= 0.6 is 0 Å². The van der Waals surface area contributed by atoms with Crippen LogP contribution in [0.1, 0.15) is 0 Å². The molecule has 2 N–H and O–H groups in total. The van der Waals surface area contributed by atoms with E-state index in [0.717, 1.165) is 26.3 Å². The summed E-state index contributed by atoms with van der Waals surface area (Å²) in [5.41, 5.74) is 6.13. The van der Waals surface area contributed by atoms with Crippen LogP contribution in [0.15, 0.2) is 0 Å².